The summed E-state index contributed by atoms with van der Waals surface area (Å²) in [6.45, 7) is 2.07. The third-order valence-electron chi connectivity index (χ3n) is 4.34. The number of carbonyl (C=O) groups excluding carboxylic acids is 1. The smallest absolute Gasteiger partial charge is 0.221 e. The first-order valence-electron chi connectivity index (χ1n) is 8.68. The third-order valence-corrected chi connectivity index (χ3v) is 5.28. The Kier molecular flexibility index (Phi) is 6.08. The lowest BCUT2D eigenvalue weighted by Gasteiger charge is -2.18. The van der Waals surface area contributed by atoms with Crippen LogP contribution in [0.25, 0.3) is 0 Å². The Morgan fingerprint density at radius 2 is 1.81 bits per heavy atom. The summed E-state index contributed by atoms with van der Waals surface area (Å²) in [4.78, 5) is 13.7. The van der Waals surface area contributed by atoms with Crippen molar-refractivity contribution in [3.63, 3.8) is 0 Å². The number of hydrogen-bond acceptors (Lipinski definition) is 3. The lowest BCUT2D eigenvalue weighted by Crippen LogP contribution is -2.29. The van der Waals surface area contributed by atoms with Crippen LogP contribution in [0.15, 0.2) is 66.0 Å². The maximum absolute atomic E-state index is 12.6. The highest BCUT2D eigenvalue weighted by atomic mass is 32.1. The maximum atomic E-state index is 12.6. The number of hydrogen-bond donors (Lipinski definition) is 1. The van der Waals surface area contributed by atoms with Gasteiger partial charge in [-0.15, -0.1) is 11.3 Å². The first kappa shape index (κ1) is 18.2. The molecule has 3 aromatic rings. The van der Waals surface area contributed by atoms with E-state index >= 15 is 0 Å². The molecule has 1 aromatic heterocycles. The van der Waals surface area contributed by atoms with Crippen molar-refractivity contribution >= 4 is 17.2 Å². The van der Waals surface area contributed by atoms with Crippen LogP contribution in [0.3, 0.4) is 0 Å². The maximum Gasteiger partial charge on any atom is 0.221 e. The zero-order chi connectivity index (χ0) is 18.4. The molecule has 0 saturated carbocycles. The highest BCUT2D eigenvalue weighted by Gasteiger charge is 2.17. The fraction of sp³-hybridized carbons (Fsp3) is 0.227. The molecule has 0 unspecified atom stereocenters. The predicted octanol–water partition coefficient (Wildman–Crippen LogP) is 4.90. The van der Waals surface area contributed by atoms with Gasteiger partial charge in [0.25, 0.3) is 0 Å². The molecule has 1 N–H and O–H groups in total. The van der Waals surface area contributed by atoms with Gasteiger partial charge in [0.2, 0.25) is 5.91 Å². The minimum Gasteiger partial charge on any atom is -0.497 e. The van der Waals surface area contributed by atoms with Crippen molar-refractivity contribution in [2.45, 2.75) is 25.8 Å². The van der Waals surface area contributed by atoms with Crippen LogP contribution in [0, 0.1) is 6.92 Å². The van der Waals surface area contributed by atoms with Crippen LogP contribution < -0.4 is 10.1 Å². The molecule has 2 aromatic carbocycles. The Hall–Kier alpha value is -2.59. The Labute approximate surface area is 158 Å². The number of amides is 1. The van der Waals surface area contributed by atoms with Crippen LogP contribution >= 0.6 is 11.3 Å². The average Bonchev–Trinajstić information content (AvgIpc) is 3.20. The minimum atomic E-state index is -0.0982. The monoisotopic (exact) mass is 365 g/mol. The summed E-state index contributed by atoms with van der Waals surface area (Å²) in [6, 6.07) is 20.2. The second-order valence-corrected chi connectivity index (χ2v) is 7.25. The van der Waals surface area contributed by atoms with Crippen LogP contribution in [0.2, 0.25) is 0 Å². The minimum absolute atomic E-state index is 0.0554. The van der Waals surface area contributed by atoms with Gasteiger partial charge in [0, 0.05) is 11.3 Å². The number of thiophene rings is 1. The first-order valence-corrected chi connectivity index (χ1v) is 9.56. The van der Waals surface area contributed by atoms with Gasteiger partial charge < -0.3 is 10.1 Å². The van der Waals surface area contributed by atoms with Crippen molar-refractivity contribution in [3.05, 3.63) is 87.6 Å². The molecule has 0 aliphatic carbocycles. The molecule has 0 fully saturated rings. The molecule has 1 atom stereocenters. The zero-order valence-corrected chi connectivity index (χ0v) is 15.9. The summed E-state index contributed by atoms with van der Waals surface area (Å²) in [5.74, 6) is 0.884. The van der Waals surface area contributed by atoms with E-state index in [4.69, 9.17) is 4.74 Å². The molecule has 1 heterocycles. The molecule has 3 nitrogen and oxygen atoms in total. The van der Waals surface area contributed by atoms with Crippen molar-refractivity contribution in [1.82, 2.24) is 5.32 Å². The van der Waals surface area contributed by atoms with Crippen molar-refractivity contribution < 1.29 is 9.53 Å². The summed E-state index contributed by atoms with van der Waals surface area (Å²) in [6.07, 6.45) is 1.17. The van der Waals surface area contributed by atoms with E-state index in [0.717, 1.165) is 21.8 Å². The van der Waals surface area contributed by atoms with Crippen molar-refractivity contribution in [3.8, 4) is 5.75 Å². The number of nitrogens with one attached hydrogen (secondary N) is 1. The van der Waals surface area contributed by atoms with E-state index in [1.807, 2.05) is 35.7 Å². The zero-order valence-electron chi connectivity index (χ0n) is 15.1. The molecule has 0 saturated heterocycles. The molecule has 0 aliphatic rings. The standard InChI is InChI=1S/C22H23NO2S/c1-16-5-10-18(11-6-16)22(20-4-3-15-26-20)23-21(24)14-9-17-7-12-19(25-2)13-8-17/h3-8,10-13,15,22H,9,14H2,1-2H3,(H,23,24)/t22-/m1/s1. The van der Waals surface area contributed by atoms with Crippen molar-refractivity contribution in [1.29, 1.82) is 0 Å². The van der Waals surface area contributed by atoms with E-state index in [1.54, 1.807) is 18.4 Å². The van der Waals surface area contributed by atoms with E-state index in [9.17, 15) is 4.79 Å². The van der Waals surface area contributed by atoms with Crippen LogP contribution in [0.4, 0.5) is 0 Å². The van der Waals surface area contributed by atoms with Gasteiger partial charge in [-0.3, -0.25) is 4.79 Å². The molecule has 0 spiro atoms. The predicted molar refractivity (Wildman–Crippen MR) is 107 cm³/mol. The van der Waals surface area contributed by atoms with E-state index in [2.05, 4.69) is 42.6 Å². The molecule has 134 valence electrons. The van der Waals surface area contributed by atoms with Gasteiger partial charge in [-0.05, 0) is 48.1 Å². The molecule has 26 heavy (non-hydrogen) atoms. The fourth-order valence-corrected chi connectivity index (χ4v) is 3.62. The number of methoxy groups -OCH3 is 1. The molecule has 0 bridgehead atoms. The number of aryl methyl sites for hydroxylation is 2. The summed E-state index contributed by atoms with van der Waals surface area (Å²) in [7, 11) is 1.65. The summed E-state index contributed by atoms with van der Waals surface area (Å²) < 4.78 is 5.17. The largest absolute Gasteiger partial charge is 0.497 e. The van der Waals surface area contributed by atoms with Crippen LogP contribution in [-0.4, -0.2) is 13.0 Å². The Morgan fingerprint density at radius 3 is 2.42 bits per heavy atom. The van der Waals surface area contributed by atoms with E-state index in [-0.39, 0.29) is 11.9 Å². The molecule has 1 amide bonds. The van der Waals surface area contributed by atoms with E-state index in [0.29, 0.717) is 12.8 Å². The topological polar surface area (TPSA) is 38.3 Å². The molecular weight excluding hydrogens is 342 g/mol. The molecular formula is C22H23NO2S. The van der Waals surface area contributed by atoms with Gasteiger partial charge in [0.1, 0.15) is 5.75 Å². The number of carbonyl (C=O) groups is 1. The highest BCUT2D eigenvalue weighted by molar-refractivity contribution is 7.10. The second-order valence-electron chi connectivity index (χ2n) is 6.27. The fourth-order valence-electron chi connectivity index (χ4n) is 2.82. The summed E-state index contributed by atoms with van der Waals surface area (Å²) in [5.41, 5.74) is 3.45. The first-order chi connectivity index (χ1) is 12.7. The van der Waals surface area contributed by atoms with E-state index in [1.165, 1.54) is 5.56 Å². The van der Waals surface area contributed by atoms with Crippen LogP contribution in [0.1, 0.15) is 34.0 Å². The number of ether oxygens (including phenoxy) is 1. The third kappa shape index (κ3) is 4.73. The second kappa shape index (κ2) is 8.68. The van der Waals surface area contributed by atoms with E-state index < -0.39 is 0 Å². The number of rotatable bonds is 7. The van der Waals surface area contributed by atoms with Gasteiger partial charge in [-0.2, -0.15) is 0 Å². The Balaban J connectivity index is 1.66. The van der Waals surface area contributed by atoms with Gasteiger partial charge in [0.15, 0.2) is 0 Å². The van der Waals surface area contributed by atoms with Crippen LogP contribution in [0.5, 0.6) is 5.75 Å². The van der Waals surface area contributed by atoms with Crippen LogP contribution in [-0.2, 0) is 11.2 Å². The molecule has 4 heteroatoms. The molecule has 0 aliphatic heterocycles. The quantitative estimate of drug-likeness (QED) is 0.646. The number of benzene rings is 2. The van der Waals surface area contributed by atoms with Gasteiger partial charge in [0.05, 0.1) is 13.2 Å². The summed E-state index contributed by atoms with van der Waals surface area (Å²) >= 11 is 1.66. The van der Waals surface area contributed by atoms with Crippen molar-refractivity contribution in [2.24, 2.45) is 0 Å². The highest BCUT2D eigenvalue weighted by Crippen LogP contribution is 2.26. The normalized spacial score (nSPS) is 11.8. The average molecular weight is 365 g/mol. The Bertz CT molecular complexity index is 824. The lowest BCUT2D eigenvalue weighted by molar-refractivity contribution is -0.121. The SMILES string of the molecule is COc1ccc(CCC(=O)N[C@H](c2ccc(C)cc2)c2cccs2)cc1. The Morgan fingerprint density at radius 1 is 1.08 bits per heavy atom. The molecule has 3 rings (SSSR count). The van der Waals surface area contributed by atoms with Gasteiger partial charge in [-0.25, -0.2) is 0 Å². The lowest BCUT2D eigenvalue weighted by atomic mass is 10.0. The summed E-state index contributed by atoms with van der Waals surface area (Å²) in [5, 5.41) is 5.24. The van der Waals surface area contributed by atoms with Gasteiger partial charge in [-0.1, -0.05) is 48.0 Å². The molecule has 0 radical (unpaired) electrons. The van der Waals surface area contributed by atoms with Crippen molar-refractivity contribution in [2.75, 3.05) is 7.11 Å². The van der Waals surface area contributed by atoms with Gasteiger partial charge >= 0.3 is 0 Å².